The number of aliphatic hydroxyl groups is 1. The lowest BCUT2D eigenvalue weighted by Crippen LogP contribution is -2.48. The van der Waals surface area contributed by atoms with Gasteiger partial charge in [0.05, 0.1) is 6.61 Å². The molecule has 0 spiro atoms. The van der Waals surface area contributed by atoms with Crippen LogP contribution in [-0.2, 0) is 11.2 Å². The summed E-state index contributed by atoms with van der Waals surface area (Å²) in [4.78, 5) is 0. The maximum atomic E-state index is 9.91. The second kappa shape index (κ2) is 8.40. The number of hydrogen-bond donors (Lipinski definition) is 1. The van der Waals surface area contributed by atoms with Crippen molar-refractivity contribution in [2.24, 2.45) is 0 Å². The van der Waals surface area contributed by atoms with E-state index < -0.39 is 5.79 Å². The first-order chi connectivity index (χ1) is 10.2. The Morgan fingerprint density at radius 1 is 1.14 bits per heavy atom. The van der Waals surface area contributed by atoms with Gasteiger partial charge in [-0.3, -0.25) is 0 Å². The highest BCUT2D eigenvalue weighted by Crippen LogP contribution is 2.26. The number of unbranched alkanes of at least 4 members (excludes halogenated alkanes) is 5. The van der Waals surface area contributed by atoms with Gasteiger partial charge in [0.1, 0.15) is 12.4 Å². The summed E-state index contributed by atoms with van der Waals surface area (Å²) in [5.41, 5.74) is 1.23. The number of rotatable bonds is 10. The van der Waals surface area contributed by atoms with Crippen LogP contribution in [0.25, 0.3) is 0 Å². The third-order valence-corrected chi connectivity index (χ3v) is 4.09. The number of hydrogen-bond acceptors (Lipinski definition) is 3. The molecule has 0 amide bonds. The minimum atomic E-state index is -1.06. The lowest BCUT2D eigenvalue weighted by Gasteiger charge is -2.36. The molecule has 1 fully saturated rings. The van der Waals surface area contributed by atoms with Crippen molar-refractivity contribution >= 4 is 0 Å². The van der Waals surface area contributed by atoms with Crippen LogP contribution < -0.4 is 4.74 Å². The van der Waals surface area contributed by atoms with Gasteiger partial charge in [0.15, 0.2) is 0 Å². The fraction of sp³-hybridized carbons (Fsp3) is 0.667. The van der Waals surface area contributed by atoms with Crippen molar-refractivity contribution in [2.75, 3.05) is 13.2 Å². The quantitative estimate of drug-likeness (QED) is 0.660. The standard InChI is InChI=1S/C18H28O3/c1-2-3-4-5-6-7-10-16-11-8-9-12-17(16)20-15-18(19)13-14-21-18/h8-9,11-12,19H,2-7,10,13-15H2,1H3. The van der Waals surface area contributed by atoms with Crippen LogP contribution in [0.3, 0.4) is 0 Å². The third-order valence-electron chi connectivity index (χ3n) is 4.09. The maximum Gasteiger partial charge on any atom is 0.202 e. The molecule has 1 heterocycles. The van der Waals surface area contributed by atoms with Crippen molar-refractivity contribution in [1.82, 2.24) is 0 Å². The van der Waals surface area contributed by atoms with Crippen molar-refractivity contribution in [3.8, 4) is 5.75 Å². The summed E-state index contributed by atoms with van der Waals surface area (Å²) in [5, 5.41) is 9.91. The van der Waals surface area contributed by atoms with Crippen molar-refractivity contribution < 1.29 is 14.6 Å². The molecule has 1 atom stereocenters. The first-order valence-corrected chi connectivity index (χ1v) is 8.30. The summed E-state index contributed by atoms with van der Waals surface area (Å²) in [7, 11) is 0. The van der Waals surface area contributed by atoms with E-state index in [1.807, 2.05) is 18.2 Å². The second-order valence-corrected chi connectivity index (χ2v) is 5.96. The zero-order chi connectivity index (χ0) is 15.0. The highest BCUT2D eigenvalue weighted by Gasteiger charge is 2.36. The number of ether oxygens (including phenoxy) is 2. The van der Waals surface area contributed by atoms with Gasteiger partial charge in [-0.15, -0.1) is 0 Å². The molecular formula is C18H28O3. The zero-order valence-corrected chi connectivity index (χ0v) is 13.1. The summed E-state index contributed by atoms with van der Waals surface area (Å²) < 4.78 is 10.9. The molecule has 1 aromatic carbocycles. The van der Waals surface area contributed by atoms with Gasteiger partial charge < -0.3 is 14.6 Å². The fourth-order valence-electron chi connectivity index (χ4n) is 2.59. The normalized spacial score (nSPS) is 21.0. The topological polar surface area (TPSA) is 38.7 Å². The molecule has 0 radical (unpaired) electrons. The van der Waals surface area contributed by atoms with Crippen LogP contribution in [0.2, 0.25) is 0 Å². The van der Waals surface area contributed by atoms with E-state index >= 15 is 0 Å². The fourth-order valence-corrected chi connectivity index (χ4v) is 2.59. The van der Waals surface area contributed by atoms with Gasteiger partial charge in [0.25, 0.3) is 0 Å². The summed E-state index contributed by atoms with van der Waals surface area (Å²) in [6.07, 6.45) is 9.49. The first kappa shape index (κ1) is 16.3. The van der Waals surface area contributed by atoms with Gasteiger partial charge in [-0.05, 0) is 24.5 Å². The molecule has 1 aliphatic rings. The minimum Gasteiger partial charge on any atom is -0.488 e. The number of aryl methyl sites for hydroxylation is 1. The third kappa shape index (κ3) is 5.33. The van der Waals surface area contributed by atoms with E-state index in [9.17, 15) is 5.11 Å². The van der Waals surface area contributed by atoms with E-state index in [1.54, 1.807) is 0 Å². The largest absolute Gasteiger partial charge is 0.488 e. The molecule has 1 N–H and O–H groups in total. The highest BCUT2D eigenvalue weighted by atomic mass is 16.7. The molecule has 0 saturated carbocycles. The van der Waals surface area contributed by atoms with E-state index in [4.69, 9.17) is 9.47 Å². The Balaban J connectivity index is 1.74. The Morgan fingerprint density at radius 3 is 2.57 bits per heavy atom. The summed E-state index contributed by atoms with van der Waals surface area (Å²) in [6.45, 7) is 3.09. The molecule has 1 aliphatic heterocycles. The SMILES string of the molecule is CCCCCCCCc1ccccc1OCC1(O)CCO1. The molecule has 3 heteroatoms. The van der Waals surface area contributed by atoms with E-state index in [2.05, 4.69) is 13.0 Å². The predicted octanol–water partition coefficient (Wildman–Crippen LogP) is 4.08. The molecule has 0 aromatic heterocycles. The highest BCUT2D eigenvalue weighted by molar-refractivity contribution is 5.33. The van der Waals surface area contributed by atoms with Crippen molar-refractivity contribution in [1.29, 1.82) is 0 Å². The van der Waals surface area contributed by atoms with Crippen LogP contribution in [0, 0.1) is 0 Å². The second-order valence-electron chi connectivity index (χ2n) is 5.96. The average Bonchev–Trinajstić information content (AvgIpc) is 2.48. The monoisotopic (exact) mass is 292 g/mol. The lowest BCUT2D eigenvalue weighted by atomic mass is 10.0. The van der Waals surface area contributed by atoms with Gasteiger partial charge in [-0.2, -0.15) is 0 Å². The van der Waals surface area contributed by atoms with Gasteiger partial charge >= 0.3 is 0 Å². The molecule has 0 bridgehead atoms. The van der Waals surface area contributed by atoms with Crippen molar-refractivity contribution in [3.63, 3.8) is 0 Å². The Kier molecular flexibility index (Phi) is 6.52. The van der Waals surface area contributed by atoms with Gasteiger partial charge in [-0.1, -0.05) is 57.2 Å². The molecular weight excluding hydrogens is 264 g/mol. The number of benzene rings is 1. The predicted molar refractivity (Wildman–Crippen MR) is 84.5 cm³/mol. The van der Waals surface area contributed by atoms with Crippen LogP contribution in [0.1, 0.15) is 57.4 Å². The van der Waals surface area contributed by atoms with Crippen LogP contribution in [-0.4, -0.2) is 24.1 Å². The molecule has 1 aromatic rings. The maximum absolute atomic E-state index is 9.91. The van der Waals surface area contributed by atoms with Crippen LogP contribution >= 0.6 is 0 Å². The van der Waals surface area contributed by atoms with E-state index in [-0.39, 0.29) is 6.61 Å². The average molecular weight is 292 g/mol. The van der Waals surface area contributed by atoms with E-state index in [0.717, 1.165) is 12.2 Å². The molecule has 1 saturated heterocycles. The Morgan fingerprint density at radius 2 is 1.86 bits per heavy atom. The van der Waals surface area contributed by atoms with Crippen LogP contribution in [0.5, 0.6) is 5.75 Å². The van der Waals surface area contributed by atoms with E-state index in [0.29, 0.717) is 13.0 Å². The van der Waals surface area contributed by atoms with Gasteiger partial charge in [-0.25, -0.2) is 0 Å². The van der Waals surface area contributed by atoms with E-state index in [1.165, 1.54) is 44.1 Å². The molecule has 0 aliphatic carbocycles. The summed E-state index contributed by atoms with van der Waals surface area (Å²) in [6, 6.07) is 8.13. The summed E-state index contributed by atoms with van der Waals surface area (Å²) in [5.74, 6) is -0.178. The van der Waals surface area contributed by atoms with Crippen LogP contribution in [0.4, 0.5) is 0 Å². The van der Waals surface area contributed by atoms with Gasteiger partial charge in [0, 0.05) is 6.42 Å². The number of para-hydroxylation sites is 1. The molecule has 118 valence electrons. The Hall–Kier alpha value is -1.06. The molecule has 2 rings (SSSR count). The molecule has 21 heavy (non-hydrogen) atoms. The first-order valence-electron chi connectivity index (χ1n) is 8.30. The Labute approximate surface area is 128 Å². The van der Waals surface area contributed by atoms with Gasteiger partial charge in [0.2, 0.25) is 5.79 Å². The molecule has 1 unspecified atom stereocenters. The van der Waals surface area contributed by atoms with Crippen molar-refractivity contribution in [2.45, 2.75) is 64.1 Å². The minimum absolute atomic E-state index is 0.223. The Bertz CT molecular complexity index is 413. The smallest absolute Gasteiger partial charge is 0.202 e. The summed E-state index contributed by atoms with van der Waals surface area (Å²) >= 11 is 0. The van der Waals surface area contributed by atoms with Crippen molar-refractivity contribution in [3.05, 3.63) is 29.8 Å². The van der Waals surface area contributed by atoms with Crippen LogP contribution in [0.15, 0.2) is 24.3 Å². The lowest BCUT2D eigenvalue weighted by molar-refractivity contribution is -0.292. The molecule has 3 nitrogen and oxygen atoms in total. The zero-order valence-electron chi connectivity index (χ0n) is 13.1.